The summed E-state index contributed by atoms with van der Waals surface area (Å²) in [6.07, 6.45) is 5.45. The standard InChI is InChI=1S/C29H32N6O5/c36-26(37)16-33-27(38)24(12-17-14-31-21-8-3-1-6-19(17)21)34-29(40)25(35-28(39)23-10-5-11-30-23)13-18-15-32-22-9-4-2-7-20(18)22/h1-4,6-9,14-15,23-25,30-32H,5,10-13,16H2,(H,33,38)(H,34,40)(H,35,39)(H,36,37). The first-order valence-electron chi connectivity index (χ1n) is 13.3. The van der Waals surface area contributed by atoms with Gasteiger partial charge in [-0.15, -0.1) is 0 Å². The smallest absolute Gasteiger partial charge is 0.322 e. The average molecular weight is 545 g/mol. The summed E-state index contributed by atoms with van der Waals surface area (Å²) in [6, 6.07) is 12.8. The molecule has 11 nitrogen and oxygen atoms in total. The van der Waals surface area contributed by atoms with Crippen LogP contribution in [-0.2, 0) is 32.0 Å². The Hall–Kier alpha value is -4.64. The quantitative estimate of drug-likeness (QED) is 0.150. The third kappa shape index (κ3) is 6.15. The molecule has 3 unspecified atom stereocenters. The van der Waals surface area contributed by atoms with Gasteiger partial charge in [0.15, 0.2) is 0 Å². The number of carboxylic acid groups (broad SMARTS) is 1. The van der Waals surface area contributed by atoms with E-state index in [9.17, 15) is 19.2 Å². The second kappa shape index (κ2) is 12.0. The molecule has 0 saturated carbocycles. The highest BCUT2D eigenvalue weighted by Crippen LogP contribution is 2.21. The molecule has 0 aliphatic carbocycles. The number of hydrogen-bond donors (Lipinski definition) is 7. The molecule has 40 heavy (non-hydrogen) atoms. The van der Waals surface area contributed by atoms with Crippen LogP contribution in [0.3, 0.4) is 0 Å². The Labute approximate surface area is 230 Å². The molecule has 4 aromatic rings. The lowest BCUT2D eigenvalue weighted by Crippen LogP contribution is -2.57. The first-order valence-corrected chi connectivity index (χ1v) is 13.3. The van der Waals surface area contributed by atoms with Gasteiger partial charge >= 0.3 is 5.97 Å². The molecular weight excluding hydrogens is 512 g/mol. The fourth-order valence-electron chi connectivity index (χ4n) is 5.20. The maximum atomic E-state index is 13.7. The van der Waals surface area contributed by atoms with Crippen LogP contribution in [0.15, 0.2) is 60.9 Å². The molecular formula is C29H32N6O5. The van der Waals surface area contributed by atoms with Gasteiger partial charge in [0.2, 0.25) is 17.7 Å². The van der Waals surface area contributed by atoms with E-state index in [1.165, 1.54) is 0 Å². The highest BCUT2D eigenvalue weighted by Gasteiger charge is 2.31. The van der Waals surface area contributed by atoms with Crippen molar-refractivity contribution >= 4 is 45.5 Å². The fraction of sp³-hybridized carbons (Fsp3) is 0.310. The van der Waals surface area contributed by atoms with Crippen molar-refractivity contribution in [2.75, 3.05) is 13.1 Å². The molecule has 2 aromatic heterocycles. The number of amides is 3. The topological polar surface area (TPSA) is 168 Å². The monoisotopic (exact) mass is 544 g/mol. The van der Waals surface area contributed by atoms with Gasteiger partial charge in [0.05, 0.1) is 6.04 Å². The predicted octanol–water partition coefficient (Wildman–Crippen LogP) is 1.36. The molecule has 0 bridgehead atoms. The molecule has 0 spiro atoms. The van der Waals surface area contributed by atoms with Crippen molar-refractivity contribution in [3.8, 4) is 0 Å². The van der Waals surface area contributed by atoms with E-state index in [4.69, 9.17) is 5.11 Å². The van der Waals surface area contributed by atoms with Crippen LogP contribution in [0.2, 0.25) is 0 Å². The number of carbonyl (C=O) groups is 4. The number of para-hydroxylation sites is 2. The number of carbonyl (C=O) groups excluding carboxylic acids is 3. The molecule has 2 aromatic carbocycles. The van der Waals surface area contributed by atoms with E-state index >= 15 is 0 Å². The minimum atomic E-state index is -1.20. The lowest BCUT2D eigenvalue weighted by atomic mass is 10.0. The van der Waals surface area contributed by atoms with Gasteiger partial charge in [-0.1, -0.05) is 36.4 Å². The van der Waals surface area contributed by atoms with Gasteiger partial charge in [-0.05, 0) is 42.6 Å². The molecule has 3 heterocycles. The van der Waals surface area contributed by atoms with Gasteiger partial charge in [-0.25, -0.2) is 0 Å². The Bertz CT molecular complexity index is 1540. The van der Waals surface area contributed by atoms with E-state index < -0.39 is 36.4 Å². The first-order chi connectivity index (χ1) is 19.4. The number of aromatic amines is 2. The summed E-state index contributed by atoms with van der Waals surface area (Å²) in [7, 11) is 0. The third-order valence-electron chi connectivity index (χ3n) is 7.25. The minimum Gasteiger partial charge on any atom is -0.480 e. The van der Waals surface area contributed by atoms with Crippen LogP contribution < -0.4 is 21.3 Å². The minimum absolute atomic E-state index is 0.124. The summed E-state index contributed by atoms with van der Waals surface area (Å²) in [5, 5.41) is 22.1. The lowest BCUT2D eigenvalue weighted by molar-refractivity contribution is -0.138. The molecule has 1 fully saturated rings. The zero-order chi connectivity index (χ0) is 28.1. The van der Waals surface area contributed by atoms with Crippen LogP contribution in [0, 0.1) is 0 Å². The van der Waals surface area contributed by atoms with Gasteiger partial charge in [0.1, 0.15) is 18.6 Å². The number of aliphatic carboxylic acids is 1. The Morgan fingerprint density at radius 1 is 0.825 bits per heavy atom. The summed E-state index contributed by atoms with van der Waals surface area (Å²) in [6.45, 7) is 0.149. The third-order valence-corrected chi connectivity index (χ3v) is 7.25. The number of fused-ring (bicyclic) bond motifs is 2. The highest BCUT2D eigenvalue weighted by atomic mass is 16.4. The maximum absolute atomic E-state index is 13.7. The van der Waals surface area contributed by atoms with Crippen molar-refractivity contribution in [1.29, 1.82) is 0 Å². The summed E-state index contributed by atoms with van der Waals surface area (Å²) < 4.78 is 0. The van der Waals surface area contributed by atoms with Crippen LogP contribution in [0.4, 0.5) is 0 Å². The first kappa shape index (κ1) is 26.9. The van der Waals surface area contributed by atoms with Crippen LogP contribution in [0.5, 0.6) is 0 Å². The maximum Gasteiger partial charge on any atom is 0.322 e. The zero-order valence-corrected chi connectivity index (χ0v) is 21.8. The normalized spacial score (nSPS) is 16.4. The molecule has 3 amide bonds. The van der Waals surface area contributed by atoms with Crippen molar-refractivity contribution in [2.24, 2.45) is 0 Å². The van der Waals surface area contributed by atoms with E-state index in [1.54, 1.807) is 6.20 Å². The van der Waals surface area contributed by atoms with E-state index in [0.29, 0.717) is 6.42 Å². The second-order valence-corrected chi connectivity index (χ2v) is 10.0. The largest absolute Gasteiger partial charge is 0.480 e. The Balaban J connectivity index is 1.40. The number of carboxylic acids is 1. The van der Waals surface area contributed by atoms with Crippen molar-refractivity contribution in [1.82, 2.24) is 31.2 Å². The summed E-state index contributed by atoms with van der Waals surface area (Å²) in [5.41, 5.74) is 3.42. The molecule has 5 rings (SSSR count). The molecule has 3 atom stereocenters. The molecule has 1 aliphatic rings. The Kier molecular flexibility index (Phi) is 8.11. The summed E-state index contributed by atoms with van der Waals surface area (Å²) in [4.78, 5) is 57.3. The van der Waals surface area contributed by atoms with Crippen molar-refractivity contribution in [2.45, 2.75) is 43.8 Å². The van der Waals surface area contributed by atoms with Gasteiger partial charge in [0, 0.05) is 47.0 Å². The Morgan fingerprint density at radius 2 is 1.40 bits per heavy atom. The molecule has 11 heteroatoms. The molecule has 1 saturated heterocycles. The predicted molar refractivity (Wildman–Crippen MR) is 150 cm³/mol. The fourth-order valence-corrected chi connectivity index (χ4v) is 5.20. The number of hydrogen-bond acceptors (Lipinski definition) is 5. The van der Waals surface area contributed by atoms with E-state index in [2.05, 4.69) is 31.2 Å². The summed E-state index contributed by atoms with van der Waals surface area (Å²) in [5.74, 6) is -2.64. The van der Waals surface area contributed by atoms with Crippen LogP contribution in [0.25, 0.3) is 21.8 Å². The molecule has 7 N–H and O–H groups in total. The second-order valence-electron chi connectivity index (χ2n) is 10.0. The average Bonchev–Trinajstić information content (AvgIpc) is 3.72. The van der Waals surface area contributed by atoms with E-state index in [-0.39, 0.29) is 24.8 Å². The number of H-pyrrole nitrogens is 2. The van der Waals surface area contributed by atoms with Crippen LogP contribution >= 0.6 is 0 Å². The summed E-state index contributed by atoms with van der Waals surface area (Å²) >= 11 is 0. The SMILES string of the molecule is O=C(O)CNC(=O)C(Cc1c[nH]c2ccccc12)NC(=O)C(Cc1c[nH]c2ccccc12)NC(=O)C1CCCN1. The molecule has 1 aliphatic heterocycles. The van der Waals surface area contributed by atoms with Crippen molar-refractivity contribution < 1.29 is 24.3 Å². The number of aromatic nitrogens is 2. The molecule has 0 radical (unpaired) electrons. The number of benzene rings is 2. The van der Waals surface area contributed by atoms with Crippen molar-refractivity contribution in [3.05, 3.63) is 72.1 Å². The van der Waals surface area contributed by atoms with Gasteiger partial charge in [-0.2, -0.15) is 0 Å². The van der Waals surface area contributed by atoms with Gasteiger partial charge < -0.3 is 36.3 Å². The number of rotatable bonds is 11. The lowest BCUT2D eigenvalue weighted by Gasteiger charge is -2.24. The van der Waals surface area contributed by atoms with Crippen molar-refractivity contribution in [3.63, 3.8) is 0 Å². The van der Waals surface area contributed by atoms with Gasteiger partial charge in [0.25, 0.3) is 0 Å². The van der Waals surface area contributed by atoms with Crippen LogP contribution in [-0.4, -0.2) is 70.0 Å². The van der Waals surface area contributed by atoms with Crippen LogP contribution in [0.1, 0.15) is 24.0 Å². The van der Waals surface area contributed by atoms with Gasteiger partial charge in [-0.3, -0.25) is 19.2 Å². The highest BCUT2D eigenvalue weighted by molar-refractivity contribution is 5.95. The Morgan fingerprint density at radius 3 is 1.95 bits per heavy atom. The molecule has 208 valence electrons. The number of nitrogens with one attached hydrogen (secondary N) is 6. The zero-order valence-electron chi connectivity index (χ0n) is 21.8. The van der Waals surface area contributed by atoms with E-state index in [0.717, 1.165) is 45.9 Å². The van der Waals surface area contributed by atoms with E-state index in [1.807, 2.05) is 54.7 Å².